The molecule has 0 spiro atoms. The second kappa shape index (κ2) is 7.25. The number of nitro benzene ring substituents is 1. The number of hydrogen-bond donors (Lipinski definition) is 1. The zero-order valence-corrected chi connectivity index (χ0v) is 15.8. The van der Waals surface area contributed by atoms with Crippen LogP contribution in [0.2, 0.25) is 0 Å². The summed E-state index contributed by atoms with van der Waals surface area (Å²) >= 11 is 0. The maximum Gasteiger partial charge on any atom is 0.341 e. The van der Waals surface area contributed by atoms with E-state index in [2.05, 4.69) is 5.10 Å². The number of methoxy groups -OCH3 is 1. The molecule has 0 radical (unpaired) electrons. The molecule has 1 heterocycles. The van der Waals surface area contributed by atoms with Crippen molar-refractivity contribution in [1.29, 1.82) is 0 Å². The maximum absolute atomic E-state index is 12.7. The number of allylic oxidation sites excluding steroid dienone is 2. The number of ether oxygens (including phenoxy) is 2. The summed E-state index contributed by atoms with van der Waals surface area (Å²) in [5.41, 5.74) is -0.352. The maximum atomic E-state index is 12.7. The average Bonchev–Trinajstić information content (AvgIpc) is 3.38. The topological polar surface area (TPSA) is 149 Å². The number of nitrogens with zero attached hydrogens (tertiary/aromatic N) is 3. The molecular formula is C19H17N3O8. The van der Waals surface area contributed by atoms with Crippen LogP contribution in [-0.4, -0.2) is 52.8 Å². The highest BCUT2D eigenvalue weighted by molar-refractivity contribution is 6.06. The largest absolute Gasteiger partial charge is 0.493 e. The highest BCUT2D eigenvalue weighted by Crippen LogP contribution is 2.52. The standard InChI is InChI=1S/C19H17N3O8/c1-29-13-5-9(4-12(22(27)28)17(13)30-8-14(23)24)7-20-21-18(25)15-10-2-3-11(6-10)16(15)19(21)26/h2-5,7,10-11,15-16H,6,8H2,1H3,(H,23,24)/t10-,11-,15-,16+/m0/s1. The lowest BCUT2D eigenvalue weighted by molar-refractivity contribution is -0.385. The van der Waals surface area contributed by atoms with E-state index in [0.717, 1.165) is 23.7 Å². The molecule has 4 rings (SSSR count). The SMILES string of the molecule is COc1cc(C=NN2C(=O)[C@@H]3[C@H](C2=O)[C@H]2C=C[C@H]3C2)cc([N+](=O)[O-])c1OCC(=O)O. The van der Waals surface area contributed by atoms with E-state index in [1.807, 2.05) is 12.2 Å². The van der Waals surface area contributed by atoms with Crippen molar-refractivity contribution < 1.29 is 33.9 Å². The van der Waals surface area contributed by atoms with Crippen LogP contribution in [0.25, 0.3) is 0 Å². The minimum absolute atomic E-state index is 0.0449. The summed E-state index contributed by atoms with van der Waals surface area (Å²) in [4.78, 5) is 46.7. The lowest BCUT2D eigenvalue weighted by atomic mass is 9.85. The number of carbonyl (C=O) groups is 3. The fourth-order valence-electron chi connectivity index (χ4n) is 4.37. The third-order valence-electron chi connectivity index (χ3n) is 5.58. The van der Waals surface area contributed by atoms with Crippen LogP contribution in [0, 0.1) is 33.8 Å². The van der Waals surface area contributed by atoms with E-state index in [1.165, 1.54) is 13.2 Å². The predicted octanol–water partition coefficient (Wildman–Crippen LogP) is 1.21. The van der Waals surface area contributed by atoms with Crippen molar-refractivity contribution in [3.63, 3.8) is 0 Å². The van der Waals surface area contributed by atoms with Gasteiger partial charge in [0.25, 0.3) is 11.8 Å². The number of hydrogen-bond acceptors (Lipinski definition) is 8. The third-order valence-corrected chi connectivity index (χ3v) is 5.58. The highest BCUT2D eigenvalue weighted by atomic mass is 16.6. The van der Waals surface area contributed by atoms with Crippen molar-refractivity contribution in [3.8, 4) is 11.5 Å². The molecule has 0 aromatic heterocycles. The summed E-state index contributed by atoms with van der Waals surface area (Å²) < 4.78 is 10.1. The summed E-state index contributed by atoms with van der Waals surface area (Å²) in [6, 6.07) is 2.44. The summed E-state index contributed by atoms with van der Waals surface area (Å²) in [6.45, 7) is -0.791. The molecule has 156 valence electrons. The molecule has 1 saturated carbocycles. The number of benzene rings is 1. The highest BCUT2D eigenvalue weighted by Gasteiger charge is 2.59. The van der Waals surface area contributed by atoms with Gasteiger partial charge in [-0.15, -0.1) is 0 Å². The van der Waals surface area contributed by atoms with Crippen molar-refractivity contribution in [1.82, 2.24) is 5.01 Å². The van der Waals surface area contributed by atoms with Crippen LogP contribution < -0.4 is 9.47 Å². The number of carbonyl (C=O) groups excluding carboxylic acids is 2. The summed E-state index contributed by atoms with van der Waals surface area (Å²) in [7, 11) is 1.24. The number of rotatable bonds is 7. The zero-order chi connectivity index (χ0) is 21.6. The number of carboxylic acids is 1. The minimum atomic E-state index is -1.31. The van der Waals surface area contributed by atoms with Gasteiger partial charge in [-0.3, -0.25) is 19.7 Å². The molecule has 2 aliphatic carbocycles. The molecule has 2 fully saturated rings. The van der Waals surface area contributed by atoms with Crippen LogP contribution >= 0.6 is 0 Å². The Bertz CT molecular complexity index is 987. The monoisotopic (exact) mass is 415 g/mol. The van der Waals surface area contributed by atoms with Crippen molar-refractivity contribution in [2.24, 2.45) is 28.8 Å². The van der Waals surface area contributed by atoms with Crippen LogP contribution in [0.4, 0.5) is 5.69 Å². The van der Waals surface area contributed by atoms with Gasteiger partial charge in [-0.1, -0.05) is 12.2 Å². The normalized spacial score (nSPS) is 26.5. The van der Waals surface area contributed by atoms with Gasteiger partial charge in [0.05, 0.1) is 30.1 Å². The predicted molar refractivity (Wildman–Crippen MR) is 99.9 cm³/mol. The lowest BCUT2D eigenvalue weighted by Crippen LogP contribution is -2.28. The van der Waals surface area contributed by atoms with Crippen LogP contribution in [0.1, 0.15) is 12.0 Å². The number of imide groups is 1. The summed E-state index contributed by atoms with van der Waals surface area (Å²) in [6.07, 6.45) is 5.89. The zero-order valence-electron chi connectivity index (χ0n) is 15.8. The number of nitro groups is 1. The molecule has 3 aliphatic rings. The Labute approximate surface area is 169 Å². The van der Waals surface area contributed by atoms with Gasteiger partial charge >= 0.3 is 11.7 Å². The van der Waals surface area contributed by atoms with E-state index in [9.17, 15) is 24.5 Å². The second-order valence-corrected chi connectivity index (χ2v) is 7.24. The van der Waals surface area contributed by atoms with Crippen molar-refractivity contribution in [3.05, 3.63) is 40.0 Å². The Balaban J connectivity index is 1.62. The molecule has 2 amide bonds. The Morgan fingerprint density at radius 1 is 1.30 bits per heavy atom. The minimum Gasteiger partial charge on any atom is -0.493 e. The Morgan fingerprint density at radius 2 is 1.93 bits per heavy atom. The molecule has 1 aliphatic heterocycles. The molecule has 1 saturated heterocycles. The Hall–Kier alpha value is -3.76. The van der Waals surface area contributed by atoms with Crippen LogP contribution in [0.5, 0.6) is 11.5 Å². The van der Waals surface area contributed by atoms with Crippen LogP contribution in [-0.2, 0) is 14.4 Å². The van der Waals surface area contributed by atoms with Gasteiger partial charge < -0.3 is 14.6 Å². The second-order valence-electron chi connectivity index (χ2n) is 7.24. The van der Waals surface area contributed by atoms with Crippen molar-refractivity contribution in [2.45, 2.75) is 6.42 Å². The molecule has 11 nitrogen and oxygen atoms in total. The first kappa shape index (κ1) is 19.6. The lowest BCUT2D eigenvalue weighted by Gasteiger charge is -2.13. The first-order chi connectivity index (χ1) is 14.3. The number of fused-ring (bicyclic) bond motifs is 5. The molecule has 2 bridgehead atoms. The van der Waals surface area contributed by atoms with Crippen LogP contribution in [0.15, 0.2) is 29.4 Å². The molecule has 11 heteroatoms. The number of carboxylic acid groups (broad SMARTS) is 1. The Morgan fingerprint density at radius 3 is 2.47 bits per heavy atom. The van der Waals surface area contributed by atoms with Crippen molar-refractivity contribution >= 4 is 29.7 Å². The first-order valence-electron chi connectivity index (χ1n) is 9.13. The Kier molecular flexibility index (Phi) is 4.72. The van der Waals surface area contributed by atoms with E-state index < -0.39 is 35.0 Å². The number of hydrazone groups is 1. The van der Waals surface area contributed by atoms with Gasteiger partial charge in [0.15, 0.2) is 12.4 Å². The fourth-order valence-corrected chi connectivity index (χ4v) is 4.37. The first-order valence-corrected chi connectivity index (χ1v) is 9.13. The van der Waals surface area contributed by atoms with E-state index in [-0.39, 0.29) is 40.7 Å². The molecule has 1 aromatic rings. The van der Waals surface area contributed by atoms with E-state index in [1.54, 1.807) is 0 Å². The van der Waals surface area contributed by atoms with Gasteiger partial charge in [0.2, 0.25) is 5.75 Å². The number of aliphatic carboxylic acids is 1. The van der Waals surface area contributed by atoms with Gasteiger partial charge in [0.1, 0.15) is 0 Å². The molecule has 1 aromatic carbocycles. The van der Waals surface area contributed by atoms with E-state index >= 15 is 0 Å². The van der Waals surface area contributed by atoms with Crippen molar-refractivity contribution in [2.75, 3.05) is 13.7 Å². The number of amides is 2. The van der Waals surface area contributed by atoms with Gasteiger partial charge in [-0.2, -0.15) is 10.1 Å². The van der Waals surface area contributed by atoms with E-state index in [0.29, 0.717) is 0 Å². The quantitative estimate of drug-likeness (QED) is 0.230. The average molecular weight is 415 g/mol. The molecule has 0 unspecified atom stereocenters. The fraction of sp³-hybridized carbons (Fsp3) is 0.368. The van der Waals surface area contributed by atoms with Crippen LogP contribution in [0.3, 0.4) is 0 Å². The molecule has 1 N–H and O–H groups in total. The summed E-state index contributed by atoms with van der Waals surface area (Å²) in [5, 5.41) is 25.0. The molecule has 30 heavy (non-hydrogen) atoms. The molecule has 4 atom stereocenters. The third kappa shape index (κ3) is 3.08. The van der Waals surface area contributed by atoms with E-state index in [4.69, 9.17) is 14.6 Å². The smallest absolute Gasteiger partial charge is 0.341 e. The van der Waals surface area contributed by atoms with Gasteiger partial charge in [-0.25, -0.2) is 4.79 Å². The van der Waals surface area contributed by atoms with Gasteiger partial charge in [0, 0.05) is 11.6 Å². The van der Waals surface area contributed by atoms with Gasteiger partial charge in [-0.05, 0) is 24.3 Å². The molecular weight excluding hydrogens is 398 g/mol. The summed E-state index contributed by atoms with van der Waals surface area (Å²) in [5.74, 6) is -3.19.